The molecule has 0 radical (unpaired) electrons. The molecule has 0 unspecified atom stereocenters. The molecule has 1 aliphatic carbocycles. The first kappa shape index (κ1) is 11.6. The maximum absolute atomic E-state index is 8.76. The zero-order chi connectivity index (χ0) is 11.6. The number of nitrogens with zero attached hydrogens (tertiary/aromatic N) is 2. The number of rotatable bonds is 5. The monoisotopic (exact) mass is 222 g/mol. The molecule has 0 atom stereocenters. The van der Waals surface area contributed by atoms with Crippen molar-refractivity contribution in [1.29, 1.82) is 0 Å². The van der Waals surface area contributed by atoms with Crippen molar-refractivity contribution in [2.75, 3.05) is 6.61 Å². The van der Waals surface area contributed by atoms with Gasteiger partial charge in [-0.05, 0) is 42.6 Å². The van der Waals surface area contributed by atoms with Gasteiger partial charge in [-0.15, -0.1) is 0 Å². The van der Waals surface area contributed by atoms with Crippen molar-refractivity contribution in [3.63, 3.8) is 0 Å². The number of aliphatic hydroxyl groups is 1. The number of hydrogen-bond donors (Lipinski definition) is 1. The molecule has 16 heavy (non-hydrogen) atoms. The number of aromatic nitrogens is 2. The Morgan fingerprint density at radius 1 is 1.50 bits per heavy atom. The van der Waals surface area contributed by atoms with Crippen LogP contribution in [0.5, 0.6) is 0 Å². The summed E-state index contributed by atoms with van der Waals surface area (Å²) in [5.41, 5.74) is 1.80. The van der Waals surface area contributed by atoms with Gasteiger partial charge in [0.15, 0.2) is 0 Å². The summed E-state index contributed by atoms with van der Waals surface area (Å²) >= 11 is 0. The lowest BCUT2D eigenvalue weighted by molar-refractivity contribution is 0.0800. The summed E-state index contributed by atoms with van der Waals surface area (Å²) in [7, 11) is 0. The molecule has 0 aliphatic heterocycles. The fourth-order valence-electron chi connectivity index (χ4n) is 2.82. The normalized spacial score (nSPS) is 19.7. The van der Waals surface area contributed by atoms with Crippen LogP contribution < -0.4 is 0 Å². The van der Waals surface area contributed by atoms with Gasteiger partial charge in [-0.1, -0.05) is 13.8 Å². The fraction of sp³-hybridized carbons (Fsp3) is 0.769. The molecule has 1 saturated carbocycles. The van der Waals surface area contributed by atoms with E-state index in [1.54, 1.807) is 0 Å². The van der Waals surface area contributed by atoms with Crippen molar-refractivity contribution in [1.82, 2.24) is 9.78 Å². The van der Waals surface area contributed by atoms with Crippen LogP contribution in [0.15, 0.2) is 12.4 Å². The lowest BCUT2D eigenvalue weighted by atomic mass is 9.64. The van der Waals surface area contributed by atoms with Crippen LogP contribution in [-0.2, 0) is 13.0 Å². The summed E-state index contributed by atoms with van der Waals surface area (Å²) in [4.78, 5) is 0. The predicted octanol–water partition coefficient (Wildman–Crippen LogP) is 2.24. The van der Waals surface area contributed by atoms with E-state index in [9.17, 15) is 0 Å². The molecule has 90 valence electrons. The second-order valence-corrected chi connectivity index (χ2v) is 5.84. The topological polar surface area (TPSA) is 38.0 Å². The number of aryl methyl sites for hydroxylation is 1. The van der Waals surface area contributed by atoms with E-state index in [0.29, 0.717) is 5.41 Å². The largest absolute Gasteiger partial charge is 0.396 e. The van der Waals surface area contributed by atoms with Gasteiger partial charge in [-0.3, -0.25) is 4.68 Å². The highest BCUT2D eigenvalue weighted by atomic mass is 16.2. The van der Waals surface area contributed by atoms with Gasteiger partial charge in [0.25, 0.3) is 0 Å². The standard InChI is InChI=1S/C13H22N2O/c1-13(2)6-12(7-13)10-15-9-11(8-14-15)4-3-5-16/h8-9,12,16H,3-7,10H2,1-2H3. The van der Waals surface area contributed by atoms with Crippen molar-refractivity contribution >= 4 is 0 Å². The zero-order valence-electron chi connectivity index (χ0n) is 10.3. The molecule has 1 aliphatic rings. The molecule has 2 rings (SSSR count). The highest BCUT2D eigenvalue weighted by molar-refractivity contribution is 5.04. The van der Waals surface area contributed by atoms with Crippen LogP contribution in [0.3, 0.4) is 0 Å². The molecule has 0 bridgehead atoms. The molecule has 1 N–H and O–H groups in total. The maximum Gasteiger partial charge on any atom is 0.0521 e. The van der Waals surface area contributed by atoms with E-state index < -0.39 is 0 Å². The van der Waals surface area contributed by atoms with E-state index in [2.05, 4.69) is 29.8 Å². The number of aliphatic hydroxyl groups excluding tert-OH is 1. The van der Waals surface area contributed by atoms with E-state index in [1.165, 1.54) is 18.4 Å². The molecule has 3 nitrogen and oxygen atoms in total. The SMILES string of the molecule is CC1(C)CC(Cn2cc(CCCO)cn2)C1. The first-order chi connectivity index (χ1) is 7.59. The molecule has 1 aromatic rings. The summed E-state index contributed by atoms with van der Waals surface area (Å²) in [6, 6.07) is 0. The van der Waals surface area contributed by atoms with Crippen LogP contribution in [0, 0.1) is 11.3 Å². The first-order valence-corrected chi connectivity index (χ1v) is 6.21. The van der Waals surface area contributed by atoms with Gasteiger partial charge in [0.1, 0.15) is 0 Å². The third-order valence-corrected chi connectivity index (χ3v) is 3.44. The van der Waals surface area contributed by atoms with Crippen LogP contribution in [0.25, 0.3) is 0 Å². The molecular weight excluding hydrogens is 200 g/mol. The fourth-order valence-corrected chi connectivity index (χ4v) is 2.82. The molecule has 0 spiro atoms. The van der Waals surface area contributed by atoms with Crippen molar-refractivity contribution in [2.45, 2.75) is 46.1 Å². The first-order valence-electron chi connectivity index (χ1n) is 6.21. The highest BCUT2D eigenvalue weighted by Gasteiger charge is 2.35. The molecule has 0 aromatic carbocycles. The minimum Gasteiger partial charge on any atom is -0.396 e. The summed E-state index contributed by atoms with van der Waals surface area (Å²) in [6.07, 6.45) is 8.47. The predicted molar refractivity (Wildman–Crippen MR) is 64.1 cm³/mol. The van der Waals surface area contributed by atoms with Crippen LogP contribution in [0.4, 0.5) is 0 Å². The van der Waals surface area contributed by atoms with Gasteiger partial charge in [-0.2, -0.15) is 5.10 Å². The minimum atomic E-state index is 0.266. The third-order valence-electron chi connectivity index (χ3n) is 3.44. The Morgan fingerprint density at radius 3 is 2.88 bits per heavy atom. The second-order valence-electron chi connectivity index (χ2n) is 5.84. The highest BCUT2D eigenvalue weighted by Crippen LogP contribution is 2.45. The molecule has 1 heterocycles. The van der Waals surface area contributed by atoms with Gasteiger partial charge < -0.3 is 5.11 Å². The van der Waals surface area contributed by atoms with Crippen molar-refractivity contribution < 1.29 is 5.11 Å². The maximum atomic E-state index is 8.76. The van der Waals surface area contributed by atoms with E-state index in [4.69, 9.17) is 5.11 Å². The van der Waals surface area contributed by atoms with Crippen LogP contribution in [0.1, 0.15) is 38.7 Å². The Labute approximate surface area is 97.5 Å². The Morgan fingerprint density at radius 2 is 2.25 bits per heavy atom. The van der Waals surface area contributed by atoms with E-state index in [1.807, 2.05) is 6.20 Å². The van der Waals surface area contributed by atoms with Gasteiger partial charge in [0.2, 0.25) is 0 Å². The molecular formula is C13H22N2O. The lowest BCUT2D eigenvalue weighted by Gasteiger charge is -2.42. The third kappa shape index (κ3) is 2.85. The Balaban J connectivity index is 1.80. The van der Waals surface area contributed by atoms with Crippen LogP contribution in [-0.4, -0.2) is 21.5 Å². The number of hydrogen-bond acceptors (Lipinski definition) is 2. The molecule has 3 heteroatoms. The van der Waals surface area contributed by atoms with Gasteiger partial charge in [0.05, 0.1) is 6.20 Å². The Bertz CT molecular complexity index is 335. The zero-order valence-corrected chi connectivity index (χ0v) is 10.3. The van der Waals surface area contributed by atoms with E-state index in [-0.39, 0.29) is 6.61 Å². The second kappa shape index (κ2) is 4.58. The minimum absolute atomic E-state index is 0.266. The van der Waals surface area contributed by atoms with Crippen LogP contribution in [0.2, 0.25) is 0 Å². The summed E-state index contributed by atoms with van der Waals surface area (Å²) < 4.78 is 2.06. The van der Waals surface area contributed by atoms with Crippen molar-refractivity contribution in [2.24, 2.45) is 11.3 Å². The Hall–Kier alpha value is -0.830. The van der Waals surface area contributed by atoms with Gasteiger partial charge in [-0.25, -0.2) is 0 Å². The van der Waals surface area contributed by atoms with Gasteiger partial charge in [0, 0.05) is 19.3 Å². The Kier molecular flexibility index (Phi) is 3.33. The van der Waals surface area contributed by atoms with E-state index in [0.717, 1.165) is 25.3 Å². The lowest BCUT2D eigenvalue weighted by Crippen LogP contribution is -2.34. The molecule has 0 saturated heterocycles. The van der Waals surface area contributed by atoms with Crippen LogP contribution >= 0.6 is 0 Å². The summed E-state index contributed by atoms with van der Waals surface area (Å²) in [5, 5.41) is 13.1. The summed E-state index contributed by atoms with van der Waals surface area (Å²) in [5.74, 6) is 0.806. The molecule has 1 fully saturated rings. The summed E-state index contributed by atoms with van der Waals surface area (Å²) in [6.45, 7) is 5.99. The van der Waals surface area contributed by atoms with E-state index >= 15 is 0 Å². The average Bonchev–Trinajstić information content (AvgIpc) is 2.60. The van der Waals surface area contributed by atoms with Crippen molar-refractivity contribution in [3.05, 3.63) is 18.0 Å². The van der Waals surface area contributed by atoms with Gasteiger partial charge >= 0.3 is 0 Å². The quantitative estimate of drug-likeness (QED) is 0.829. The molecule has 1 aromatic heterocycles. The smallest absolute Gasteiger partial charge is 0.0521 e. The molecule has 0 amide bonds. The van der Waals surface area contributed by atoms with Crippen molar-refractivity contribution in [3.8, 4) is 0 Å². The average molecular weight is 222 g/mol.